The number of hydrogen-bond donors (Lipinski definition) is 2. The van der Waals surface area contributed by atoms with Crippen LogP contribution in [0, 0.1) is 0 Å². The maximum Gasteiger partial charge on any atom is 0.271 e. The second kappa shape index (κ2) is 10.3. The van der Waals surface area contributed by atoms with Gasteiger partial charge in [-0.2, -0.15) is 5.10 Å². The maximum atomic E-state index is 12.7. The van der Waals surface area contributed by atoms with Crippen LogP contribution in [0.15, 0.2) is 53.6 Å². The van der Waals surface area contributed by atoms with Crippen molar-refractivity contribution in [3.05, 3.63) is 59.7 Å². The van der Waals surface area contributed by atoms with E-state index >= 15 is 0 Å². The monoisotopic (exact) mass is 422 g/mol. The Balaban J connectivity index is 1.83. The van der Waals surface area contributed by atoms with E-state index in [1.165, 1.54) is 6.21 Å². The zero-order chi connectivity index (χ0) is 22.2. The van der Waals surface area contributed by atoms with E-state index in [1.807, 2.05) is 51.1 Å². The van der Waals surface area contributed by atoms with Crippen LogP contribution in [0.2, 0.25) is 0 Å². The number of carbonyl (C=O) groups is 1. The summed E-state index contributed by atoms with van der Waals surface area (Å²) in [5.41, 5.74) is 3.29. The first-order valence-electron chi connectivity index (χ1n) is 10.2. The highest BCUT2D eigenvalue weighted by Crippen LogP contribution is 2.39. The van der Waals surface area contributed by atoms with Crippen LogP contribution in [-0.4, -0.2) is 37.0 Å². The molecule has 7 nitrogen and oxygen atoms in total. The number of benzene rings is 3. The first-order chi connectivity index (χ1) is 15.1. The van der Waals surface area contributed by atoms with Gasteiger partial charge >= 0.3 is 0 Å². The molecular weight excluding hydrogens is 396 g/mol. The van der Waals surface area contributed by atoms with E-state index in [0.29, 0.717) is 53.6 Å². The van der Waals surface area contributed by atoms with E-state index in [1.54, 1.807) is 18.2 Å². The third-order valence-electron chi connectivity index (χ3n) is 4.47. The minimum atomic E-state index is -0.443. The summed E-state index contributed by atoms with van der Waals surface area (Å²) in [7, 11) is 0. The Morgan fingerprint density at radius 2 is 1.61 bits per heavy atom. The van der Waals surface area contributed by atoms with E-state index < -0.39 is 5.91 Å². The number of carbonyl (C=O) groups excluding carboxylic acids is 1. The number of hydrazone groups is 1. The molecule has 0 aliphatic heterocycles. The third-order valence-corrected chi connectivity index (χ3v) is 4.47. The van der Waals surface area contributed by atoms with Gasteiger partial charge in [-0.1, -0.05) is 30.3 Å². The molecule has 0 spiro atoms. The van der Waals surface area contributed by atoms with Gasteiger partial charge in [-0.05, 0) is 44.4 Å². The Morgan fingerprint density at radius 3 is 2.26 bits per heavy atom. The van der Waals surface area contributed by atoms with Crippen LogP contribution in [0.1, 0.15) is 36.7 Å². The number of ether oxygens (including phenoxy) is 3. The maximum absolute atomic E-state index is 12.7. The van der Waals surface area contributed by atoms with Crippen LogP contribution in [0.5, 0.6) is 23.0 Å². The first-order valence-corrected chi connectivity index (χ1v) is 10.2. The zero-order valence-electron chi connectivity index (χ0n) is 17.8. The van der Waals surface area contributed by atoms with Crippen molar-refractivity contribution in [2.75, 3.05) is 19.8 Å². The van der Waals surface area contributed by atoms with Gasteiger partial charge in [-0.25, -0.2) is 5.43 Å². The highest BCUT2D eigenvalue weighted by molar-refractivity contribution is 5.99. The second-order valence-corrected chi connectivity index (χ2v) is 6.52. The van der Waals surface area contributed by atoms with E-state index in [0.717, 1.165) is 5.39 Å². The lowest BCUT2D eigenvalue weighted by atomic mass is 10.1. The van der Waals surface area contributed by atoms with Gasteiger partial charge in [-0.3, -0.25) is 4.79 Å². The summed E-state index contributed by atoms with van der Waals surface area (Å²) < 4.78 is 16.9. The van der Waals surface area contributed by atoms with Crippen molar-refractivity contribution in [1.29, 1.82) is 0 Å². The fraction of sp³-hybridized carbons (Fsp3) is 0.250. The Kier molecular flexibility index (Phi) is 7.32. The largest absolute Gasteiger partial charge is 0.507 e. The van der Waals surface area contributed by atoms with Crippen LogP contribution in [0.25, 0.3) is 10.8 Å². The van der Waals surface area contributed by atoms with Crippen molar-refractivity contribution in [1.82, 2.24) is 5.43 Å². The number of amides is 1. The summed E-state index contributed by atoms with van der Waals surface area (Å²) in [6.07, 6.45) is 1.40. The lowest BCUT2D eigenvalue weighted by molar-refractivity contribution is 0.0954. The minimum absolute atomic E-state index is 0.106. The number of nitrogens with one attached hydrogen (secondary N) is 1. The SMILES string of the molecule is CCOc1cc(C(=O)N/N=C/c2ccc3ccccc3c2O)cc(OCC)c1OCC. The van der Waals surface area contributed by atoms with E-state index in [2.05, 4.69) is 10.5 Å². The molecule has 2 N–H and O–H groups in total. The smallest absolute Gasteiger partial charge is 0.271 e. The van der Waals surface area contributed by atoms with Crippen molar-refractivity contribution < 1.29 is 24.1 Å². The molecule has 0 saturated carbocycles. The molecule has 3 aromatic carbocycles. The standard InChI is InChI=1S/C24H26N2O5/c1-4-29-20-13-18(14-21(30-5-2)23(20)31-6-3)24(28)26-25-15-17-12-11-16-9-7-8-10-19(16)22(17)27/h7-15,27H,4-6H2,1-3H3,(H,26,28)/b25-15+. The number of phenolic OH excluding ortho intramolecular Hbond substituents is 1. The summed E-state index contributed by atoms with van der Waals surface area (Å²) in [5, 5.41) is 16.1. The van der Waals surface area contributed by atoms with Gasteiger partial charge < -0.3 is 19.3 Å². The van der Waals surface area contributed by atoms with Crippen LogP contribution < -0.4 is 19.6 Å². The van der Waals surface area contributed by atoms with E-state index in [4.69, 9.17) is 14.2 Å². The van der Waals surface area contributed by atoms with Crippen molar-refractivity contribution in [2.24, 2.45) is 5.10 Å². The van der Waals surface area contributed by atoms with Gasteiger partial charge in [-0.15, -0.1) is 0 Å². The highest BCUT2D eigenvalue weighted by Gasteiger charge is 2.18. The van der Waals surface area contributed by atoms with Gasteiger partial charge in [0.25, 0.3) is 5.91 Å². The summed E-state index contributed by atoms with van der Waals surface area (Å²) in [4.78, 5) is 12.7. The molecule has 3 aromatic rings. The molecule has 0 radical (unpaired) electrons. The molecule has 0 saturated heterocycles. The number of fused-ring (bicyclic) bond motifs is 1. The lowest BCUT2D eigenvalue weighted by Gasteiger charge is -2.16. The number of phenols is 1. The zero-order valence-corrected chi connectivity index (χ0v) is 17.8. The number of rotatable bonds is 9. The van der Waals surface area contributed by atoms with Crippen LogP contribution in [0.3, 0.4) is 0 Å². The van der Waals surface area contributed by atoms with Crippen molar-refractivity contribution in [3.8, 4) is 23.0 Å². The Morgan fingerprint density at radius 1 is 0.968 bits per heavy atom. The fourth-order valence-corrected chi connectivity index (χ4v) is 3.12. The molecule has 0 unspecified atom stereocenters. The molecule has 0 heterocycles. The van der Waals surface area contributed by atoms with Crippen LogP contribution in [-0.2, 0) is 0 Å². The van der Waals surface area contributed by atoms with Crippen molar-refractivity contribution in [3.63, 3.8) is 0 Å². The third kappa shape index (κ3) is 5.06. The topological polar surface area (TPSA) is 89.4 Å². The number of aromatic hydroxyl groups is 1. The van der Waals surface area contributed by atoms with Gasteiger partial charge in [0.1, 0.15) is 5.75 Å². The average molecular weight is 422 g/mol. The molecule has 1 amide bonds. The van der Waals surface area contributed by atoms with Gasteiger partial charge in [0.05, 0.1) is 26.0 Å². The molecule has 31 heavy (non-hydrogen) atoms. The Bertz CT molecular complexity index is 1070. The van der Waals surface area contributed by atoms with E-state index in [-0.39, 0.29) is 5.75 Å². The second-order valence-electron chi connectivity index (χ2n) is 6.52. The summed E-state index contributed by atoms with van der Waals surface area (Å²) in [5.74, 6) is 0.983. The quantitative estimate of drug-likeness (QED) is 0.391. The van der Waals surface area contributed by atoms with Gasteiger partial charge in [0.15, 0.2) is 11.5 Å². The Labute approximate surface area is 181 Å². The van der Waals surface area contributed by atoms with Crippen molar-refractivity contribution >= 4 is 22.9 Å². The summed E-state index contributed by atoms with van der Waals surface area (Å²) >= 11 is 0. The molecule has 0 aliphatic rings. The lowest BCUT2D eigenvalue weighted by Crippen LogP contribution is -2.18. The van der Waals surface area contributed by atoms with Gasteiger partial charge in [0, 0.05) is 16.5 Å². The number of hydrogen-bond acceptors (Lipinski definition) is 6. The van der Waals surface area contributed by atoms with E-state index in [9.17, 15) is 9.90 Å². The van der Waals surface area contributed by atoms with Crippen molar-refractivity contribution in [2.45, 2.75) is 20.8 Å². The molecule has 0 aliphatic carbocycles. The normalized spacial score (nSPS) is 10.9. The number of nitrogens with zero attached hydrogens (tertiary/aromatic N) is 1. The molecule has 0 aromatic heterocycles. The molecule has 0 bridgehead atoms. The minimum Gasteiger partial charge on any atom is -0.507 e. The van der Waals surface area contributed by atoms with Crippen LogP contribution in [0.4, 0.5) is 0 Å². The molecule has 7 heteroatoms. The average Bonchev–Trinajstić information content (AvgIpc) is 2.77. The van der Waals surface area contributed by atoms with Crippen LogP contribution >= 0.6 is 0 Å². The molecule has 162 valence electrons. The first kappa shape index (κ1) is 22.0. The predicted octanol–water partition coefficient (Wildman–Crippen LogP) is 4.51. The molecule has 3 rings (SSSR count). The Hall–Kier alpha value is -3.74. The van der Waals surface area contributed by atoms with Gasteiger partial charge in [0.2, 0.25) is 5.75 Å². The summed E-state index contributed by atoms with van der Waals surface area (Å²) in [6, 6.07) is 14.3. The molecular formula is C24H26N2O5. The molecule has 0 atom stereocenters. The molecule has 0 fully saturated rings. The summed E-state index contributed by atoms with van der Waals surface area (Å²) in [6.45, 7) is 6.83. The fourth-order valence-electron chi connectivity index (χ4n) is 3.12. The highest BCUT2D eigenvalue weighted by atomic mass is 16.5. The predicted molar refractivity (Wildman–Crippen MR) is 121 cm³/mol.